The van der Waals surface area contributed by atoms with Crippen molar-refractivity contribution in [3.63, 3.8) is 0 Å². The lowest BCUT2D eigenvalue weighted by molar-refractivity contribution is 0.101. The Kier molecular flexibility index (Phi) is 4.11. The van der Waals surface area contributed by atoms with Gasteiger partial charge >= 0.3 is 0 Å². The Morgan fingerprint density at radius 3 is 2.62 bits per heavy atom. The number of aromatic nitrogens is 2. The maximum atomic E-state index is 12.3. The van der Waals surface area contributed by atoms with Gasteiger partial charge in [0.05, 0.1) is 22.2 Å². The van der Waals surface area contributed by atoms with Crippen LogP contribution in [0.5, 0.6) is 0 Å². The summed E-state index contributed by atoms with van der Waals surface area (Å²) in [6.45, 7) is 3.02. The van der Waals surface area contributed by atoms with Crippen molar-refractivity contribution in [3.8, 4) is 0 Å². The fourth-order valence-electron chi connectivity index (χ4n) is 2.49. The molecule has 2 heterocycles. The third-order valence-electron chi connectivity index (χ3n) is 3.77. The largest absolute Gasteiger partial charge is 0.439 e. The zero-order valence-electron chi connectivity index (χ0n) is 12.9. The summed E-state index contributed by atoms with van der Waals surface area (Å²) >= 11 is 12.1. The quantitative estimate of drug-likeness (QED) is 0.568. The summed E-state index contributed by atoms with van der Waals surface area (Å²) in [7, 11) is 0. The van der Waals surface area contributed by atoms with Crippen LogP contribution >= 0.6 is 23.2 Å². The monoisotopic (exact) mass is 365 g/mol. The van der Waals surface area contributed by atoms with E-state index in [-0.39, 0.29) is 18.1 Å². The standard InChI is InChI=1S/C16H13Cl2N3O3/c1-7-10(8(2)22)5-9(16(23)21(7)19)6-13-20-14-11(17)3-4-12(18)15(14)24-13/h3-5H,6,19H2,1-2H3. The minimum Gasteiger partial charge on any atom is -0.439 e. The highest BCUT2D eigenvalue weighted by Crippen LogP contribution is 2.30. The summed E-state index contributed by atoms with van der Waals surface area (Å²) in [4.78, 5) is 28.3. The number of carbonyl (C=O) groups is 1. The number of fused-ring (bicyclic) bond motifs is 1. The molecule has 0 bridgehead atoms. The molecule has 2 N–H and O–H groups in total. The highest BCUT2D eigenvalue weighted by Gasteiger charge is 2.17. The normalized spacial score (nSPS) is 11.2. The van der Waals surface area contributed by atoms with Gasteiger partial charge in [-0.05, 0) is 32.0 Å². The predicted molar refractivity (Wildman–Crippen MR) is 92.4 cm³/mol. The van der Waals surface area contributed by atoms with Crippen LogP contribution in [0.4, 0.5) is 0 Å². The molecule has 0 aliphatic heterocycles. The Morgan fingerprint density at radius 2 is 2.00 bits per heavy atom. The number of hydrogen-bond donors (Lipinski definition) is 1. The molecule has 2 aromatic heterocycles. The van der Waals surface area contributed by atoms with Gasteiger partial charge in [-0.3, -0.25) is 9.59 Å². The van der Waals surface area contributed by atoms with Crippen LogP contribution in [0, 0.1) is 6.92 Å². The van der Waals surface area contributed by atoms with Gasteiger partial charge in [0.1, 0.15) is 5.52 Å². The highest BCUT2D eigenvalue weighted by molar-refractivity contribution is 6.39. The molecule has 24 heavy (non-hydrogen) atoms. The molecular formula is C16H13Cl2N3O3. The number of halogens is 2. The molecule has 1 aromatic carbocycles. The van der Waals surface area contributed by atoms with Gasteiger partial charge in [-0.15, -0.1) is 0 Å². The number of oxazole rings is 1. The van der Waals surface area contributed by atoms with E-state index < -0.39 is 5.56 Å². The van der Waals surface area contributed by atoms with Crippen molar-refractivity contribution in [2.75, 3.05) is 5.84 Å². The van der Waals surface area contributed by atoms with Crippen molar-refractivity contribution in [3.05, 3.63) is 61.3 Å². The molecule has 3 rings (SSSR count). The number of rotatable bonds is 3. The molecular weight excluding hydrogens is 353 g/mol. The fraction of sp³-hybridized carbons (Fsp3) is 0.188. The third-order valence-corrected chi connectivity index (χ3v) is 4.38. The second-order valence-electron chi connectivity index (χ2n) is 5.39. The fourth-order valence-corrected chi connectivity index (χ4v) is 2.87. The van der Waals surface area contributed by atoms with Crippen LogP contribution < -0.4 is 11.4 Å². The van der Waals surface area contributed by atoms with E-state index in [2.05, 4.69) is 4.98 Å². The number of benzene rings is 1. The lowest BCUT2D eigenvalue weighted by atomic mass is 10.1. The lowest BCUT2D eigenvalue weighted by Gasteiger charge is -2.10. The first-order chi connectivity index (χ1) is 11.3. The second-order valence-corrected chi connectivity index (χ2v) is 6.21. The van der Waals surface area contributed by atoms with Crippen molar-refractivity contribution < 1.29 is 9.21 Å². The summed E-state index contributed by atoms with van der Waals surface area (Å²) in [5.41, 5.74) is 1.43. The third kappa shape index (κ3) is 2.68. The SMILES string of the molecule is CC(=O)c1cc(Cc2nc3c(Cl)ccc(Cl)c3o2)c(=O)n(N)c1C. The molecule has 0 unspecified atom stereocenters. The first-order valence-corrected chi connectivity index (χ1v) is 7.80. The van der Waals surface area contributed by atoms with Crippen LogP contribution in [0.25, 0.3) is 11.1 Å². The average Bonchev–Trinajstić information content (AvgIpc) is 2.96. The minimum absolute atomic E-state index is 0.0674. The second kappa shape index (κ2) is 5.96. The van der Waals surface area contributed by atoms with E-state index in [1.54, 1.807) is 19.1 Å². The van der Waals surface area contributed by atoms with Gasteiger partial charge in [0.15, 0.2) is 17.3 Å². The van der Waals surface area contributed by atoms with Crippen LogP contribution in [0.15, 0.2) is 27.4 Å². The average molecular weight is 366 g/mol. The van der Waals surface area contributed by atoms with Gasteiger partial charge in [0, 0.05) is 11.1 Å². The number of ketones is 1. The van der Waals surface area contributed by atoms with Crippen LogP contribution in [0.1, 0.15) is 34.4 Å². The summed E-state index contributed by atoms with van der Waals surface area (Å²) in [5.74, 6) is 5.83. The van der Waals surface area contributed by atoms with Crippen molar-refractivity contribution in [2.24, 2.45) is 0 Å². The maximum absolute atomic E-state index is 12.3. The van der Waals surface area contributed by atoms with Gasteiger partial charge < -0.3 is 10.3 Å². The summed E-state index contributed by atoms with van der Waals surface area (Å²) in [6.07, 6.45) is 0.0674. The van der Waals surface area contributed by atoms with E-state index in [0.29, 0.717) is 38.0 Å². The molecule has 124 valence electrons. The Hall–Kier alpha value is -2.31. The smallest absolute Gasteiger partial charge is 0.272 e. The van der Waals surface area contributed by atoms with E-state index in [1.807, 2.05) is 0 Å². The molecule has 0 fully saturated rings. The van der Waals surface area contributed by atoms with E-state index in [9.17, 15) is 9.59 Å². The zero-order valence-corrected chi connectivity index (χ0v) is 14.4. The number of carbonyl (C=O) groups excluding carboxylic acids is 1. The molecule has 0 aliphatic rings. The van der Waals surface area contributed by atoms with Crippen molar-refractivity contribution in [1.82, 2.24) is 9.66 Å². The van der Waals surface area contributed by atoms with Crippen molar-refractivity contribution in [1.29, 1.82) is 0 Å². The van der Waals surface area contributed by atoms with Crippen LogP contribution in [0.3, 0.4) is 0 Å². The van der Waals surface area contributed by atoms with Crippen molar-refractivity contribution in [2.45, 2.75) is 20.3 Å². The number of nitrogens with zero attached hydrogens (tertiary/aromatic N) is 2. The molecule has 3 aromatic rings. The van der Waals surface area contributed by atoms with E-state index in [0.717, 1.165) is 4.68 Å². The van der Waals surface area contributed by atoms with Crippen molar-refractivity contribution >= 4 is 40.1 Å². The maximum Gasteiger partial charge on any atom is 0.272 e. The molecule has 0 amide bonds. The van der Waals surface area contributed by atoms with Crippen LogP contribution in [-0.4, -0.2) is 15.4 Å². The summed E-state index contributed by atoms with van der Waals surface area (Å²) in [6, 6.07) is 4.74. The molecule has 0 spiro atoms. The van der Waals surface area contributed by atoms with Gasteiger partial charge in [0.25, 0.3) is 5.56 Å². The lowest BCUT2D eigenvalue weighted by Crippen LogP contribution is -2.33. The number of nitrogen functional groups attached to an aromatic ring is 1. The van der Waals surface area contributed by atoms with E-state index in [1.165, 1.54) is 13.0 Å². The Morgan fingerprint density at radius 1 is 1.33 bits per heavy atom. The van der Waals surface area contributed by atoms with Crippen LogP contribution in [0.2, 0.25) is 10.0 Å². The topological polar surface area (TPSA) is 91.1 Å². The molecule has 0 aliphatic carbocycles. The van der Waals surface area contributed by atoms with Gasteiger partial charge in [-0.1, -0.05) is 23.2 Å². The first kappa shape index (κ1) is 16.5. The molecule has 0 saturated heterocycles. The minimum atomic E-state index is -0.419. The number of hydrogen-bond acceptors (Lipinski definition) is 5. The zero-order chi connectivity index (χ0) is 17.6. The molecule has 0 saturated carbocycles. The molecule has 6 nitrogen and oxygen atoms in total. The number of nitrogens with two attached hydrogens (primary N) is 1. The number of Topliss-reactive ketones (excluding diaryl/α,β-unsaturated/α-hetero) is 1. The van der Waals surface area contributed by atoms with Gasteiger partial charge in [-0.25, -0.2) is 9.66 Å². The first-order valence-electron chi connectivity index (χ1n) is 7.04. The van der Waals surface area contributed by atoms with Gasteiger partial charge in [0.2, 0.25) is 0 Å². The van der Waals surface area contributed by atoms with Gasteiger partial charge in [-0.2, -0.15) is 0 Å². The van der Waals surface area contributed by atoms with E-state index in [4.69, 9.17) is 33.5 Å². The van der Waals surface area contributed by atoms with E-state index >= 15 is 0 Å². The van der Waals surface area contributed by atoms with Crippen LogP contribution in [-0.2, 0) is 6.42 Å². The molecule has 0 radical (unpaired) electrons. The predicted octanol–water partition coefficient (Wildman–Crippen LogP) is 3.11. The Bertz CT molecular complexity index is 998. The summed E-state index contributed by atoms with van der Waals surface area (Å²) in [5, 5.41) is 0.770. The Labute approximate surface area is 146 Å². The Balaban J connectivity index is 2.12. The molecule has 8 heteroatoms. The highest BCUT2D eigenvalue weighted by atomic mass is 35.5. The molecule has 0 atom stereocenters. The number of pyridine rings is 1. The summed E-state index contributed by atoms with van der Waals surface area (Å²) < 4.78 is 6.56.